The molecule has 7 nitrogen and oxygen atoms in total. The van der Waals surface area contributed by atoms with E-state index in [0.717, 1.165) is 4.70 Å². The minimum absolute atomic E-state index is 0.0434. The summed E-state index contributed by atoms with van der Waals surface area (Å²) < 4.78 is 6.16. The van der Waals surface area contributed by atoms with E-state index in [1.807, 2.05) is 12.1 Å². The SMILES string of the molecule is O=C(COc1ccc([N+](=O)[O-])cc1)Nc1nc2c(Cl)cccc2s1. The van der Waals surface area contributed by atoms with E-state index in [1.54, 1.807) is 6.07 Å². The van der Waals surface area contributed by atoms with Crippen LogP contribution in [-0.2, 0) is 4.79 Å². The third kappa shape index (κ3) is 3.61. The first kappa shape index (κ1) is 16.2. The van der Waals surface area contributed by atoms with E-state index in [2.05, 4.69) is 10.3 Å². The Morgan fingerprint density at radius 2 is 2.04 bits per heavy atom. The first-order chi connectivity index (χ1) is 11.5. The van der Waals surface area contributed by atoms with Gasteiger partial charge in [0.15, 0.2) is 11.7 Å². The number of aromatic nitrogens is 1. The topological polar surface area (TPSA) is 94.4 Å². The number of para-hydroxylation sites is 1. The average molecular weight is 364 g/mol. The number of carbonyl (C=O) groups excluding carboxylic acids is 1. The Balaban J connectivity index is 1.60. The molecule has 0 unspecified atom stereocenters. The van der Waals surface area contributed by atoms with Gasteiger partial charge in [0, 0.05) is 12.1 Å². The van der Waals surface area contributed by atoms with E-state index in [0.29, 0.717) is 21.4 Å². The third-order valence-electron chi connectivity index (χ3n) is 3.03. The molecule has 1 heterocycles. The zero-order valence-electron chi connectivity index (χ0n) is 12.1. The van der Waals surface area contributed by atoms with E-state index in [1.165, 1.54) is 35.6 Å². The molecule has 122 valence electrons. The summed E-state index contributed by atoms with van der Waals surface area (Å²) in [6.07, 6.45) is 0. The maximum absolute atomic E-state index is 11.9. The molecule has 3 aromatic rings. The van der Waals surface area contributed by atoms with Crippen molar-refractivity contribution < 1.29 is 14.5 Å². The lowest BCUT2D eigenvalue weighted by Gasteiger charge is -2.05. The van der Waals surface area contributed by atoms with Gasteiger partial charge in [0.2, 0.25) is 0 Å². The van der Waals surface area contributed by atoms with Crippen LogP contribution in [0.1, 0.15) is 0 Å². The molecule has 0 aliphatic rings. The molecule has 1 amide bonds. The summed E-state index contributed by atoms with van der Waals surface area (Å²) >= 11 is 7.35. The van der Waals surface area contributed by atoms with Crippen LogP contribution in [0, 0.1) is 10.1 Å². The molecule has 0 radical (unpaired) electrons. The molecule has 0 aliphatic carbocycles. The minimum Gasteiger partial charge on any atom is -0.484 e. The number of nitrogens with zero attached hydrogens (tertiary/aromatic N) is 2. The summed E-state index contributed by atoms with van der Waals surface area (Å²) in [5.41, 5.74) is 0.592. The third-order valence-corrected chi connectivity index (χ3v) is 4.27. The Hall–Kier alpha value is -2.71. The van der Waals surface area contributed by atoms with Gasteiger partial charge in [0.05, 0.1) is 14.6 Å². The number of hydrogen-bond acceptors (Lipinski definition) is 6. The number of nitro benzene ring substituents is 1. The second-order valence-electron chi connectivity index (χ2n) is 4.69. The summed E-state index contributed by atoms with van der Waals surface area (Å²) in [6, 6.07) is 10.9. The van der Waals surface area contributed by atoms with Crippen molar-refractivity contribution in [3.63, 3.8) is 0 Å². The number of non-ortho nitro benzene ring substituents is 1. The summed E-state index contributed by atoms with van der Waals surface area (Å²) in [4.78, 5) is 26.2. The predicted molar refractivity (Wildman–Crippen MR) is 91.9 cm³/mol. The monoisotopic (exact) mass is 363 g/mol. The van der Waals surface area contributed by atoms with Gasteiger partial charge in [-0.1, -0.05) is 29.0 Å². The number of hydrogen-bond donors (Lipinski definition) is 1. The summed E-state index contributed by atoms with van der Waals surface area (Å²) in [6.45, 7) is -0.235. The van der Waals surface area contributed by atoms with Gasteiger partial charge in [-0.3, -0.25) is 20.2 Å². The highest BCUT2D eigenvalue weighted by molar-refractivity contribution is 7.22. The lowest BCUT2D eigenvalue weighted by molar-refractivity contribution is -0.384. The van der Waals surface area contributed by atoms with E-state index >= 15 is 0 Å². The summed E-state index contributed by atoms with van der Waals surface area (Å²) in [7, 11) is 0. The Labute approximate surface area is 145 Å². The maximum Gasteiger partial charge on any atom is 0.269 e. The van der Waals surface area contributed by atoms with Crippen molar-refractivity contribution in [3.8, 4) is 5.75 Å². The molecular formula is C15H10ClN3O4S. The summed E-state index contributed by atoms with van der Waals surface area (Å²) in [5, 5.41) is 14.1. The number of benzene rings is 2. The molecule has 0 aliphatic heterocycles. The number of nitro groups is 1. The van der Waals surface area contributed by atoms with Crippen LogP contribution in [0.4, 0.5) is 10.8 Å². The molecule has 0 saturated heterocycles. The Morgan fingerprint density at radius 1 is 1.29 bits per heavy atom. The van der Waals surface area contributed by atoms with Crippen LogP contribution in [0.25, 0.3) is 10.2 Å². The molecule has 2 aromatic carbocycles. The molecular weight excluding hydrogens is 354 g/mol. The highest BCUT2D eigenvalue weighted by Crippen LogP contribution is 2.30. The fraction of sp³-hybridized carbons (Fsp3) is 0.0667. The van der Waals surface area contributed by atoms with E-state index in [-0.39, 0.29) is 18.2 Å². The fourth-order valence-corrected chi connectivity index (χ4v) is 3.12. The van der Waals surface area contributed by atoms with Crippen LogP contribution in [0.3, 0.4) is 0 Å². The van der Waals surface area contributed by atoms with Gasteiger partial charge in [-0.2, -0.15) is 0 Å². The first-order valence-corrected chi connectivity index (χ1v) is 7.94. The summed E-state index contributed by atoms with van der Waals surface area (Å²) in [5.74, 6) is -0.0216. The molecule has 9 heteroatoms. The quantitative estimate of drug-likeness (QED) is 0.548. The molecule has 0 bridgehead atoms. The molecule has 1 aromatic heterocycles. The lowest BCUT2D eigenvalue weighted by atomic mass is 10.3. The van der Waals surface area contributed by atoms with E-state index in [4.69, 9.17) is 16.3 Å². The number of rotatable bonds is 5. The van der Waals surface area contributed by atoms with Crippen LogP contribution in [0.15, 0.2) is 42.5 Å². The normalized spacial score (nSPS) is 10.5. The largest absolute Gasteiger partial charge is 0.484 e. The molecule has 3 rings (SSSR count). The molecule has 0 saturated carbocycles. The number of carbonyl (C=O) groups is 1. The number of anilines is 1. The van der Waals surface area contributed by atoms with Crippen molar-refractivity contribution >= 4 is 49.9 Å². The van der Waals surface area contributed by atoms with Crippen molar-refractivity contribution in [2.75, 3.05) is 11.9 Å². The number of amides is 1. The van der Waals surface area contributed by atoms with E-state index < -0.39 is 4.92 Å². The van der Waals surface area contributed by atoms with Gasteiger partial charge in [0.25, 0.3) is 11.6 Å². The van der Waals surface area contributed by atoms with Gasteiger partial charge in [-0.15, -0.1) is 0 Å². The van der Waals surface area contributed by atoms with Crippen LogP contribution in [0.2, 0.25) is 5.02 Å². The van der Waals surface area contributed by atoms with Crippen molar-refractivity contribution in [2.45, 2.75) is 0 Å². The van der Waals surface area contributed by atoms with Crippen molar-refractivity contribution in [1.29, 1.82) is 0 Å². The number of nitrogens with one attached hydrogen (secondary N) is 1. The minimum atomic E-state index is -0.505. The zero-order chi connectivity index (χ0) is 17.1. The van der Waals surface area contributed by atoms with Crippen molar-refractivity contribution in [1.82, 2.24) is 4.98 Å². The van der Waals surface area contributed by atoms with Gasteiger partial charge in [0.1, 0.15) is 11.3 Å². The van der Waals surface area contributed by atoms with Crippen LogP contribution >= 0.6 is 22.9 Å². The smallest absolute Gasteiger partial charge is 0.269 e. The maximum atomic E-state index is 11.9. The molecule has 0 atom stereocenters. The Morgan fingerprint density at radius 3 is 2.71 bits per heavy atom. The van der Waals surface area contributed by atoms with Crippen LogP contribution in [0.5, 0.6) is 5.75 Å². The standard InChI is InChI=1S/C15H10ClN3O4S/c16-11-2-1-3-12-14(11)18-15(24-12)17-13(20)8-23-10-6-4-9(5-7-10)19(21)22/h1-7H,8H2,(H,17,18,20). The Kier molecular flexibility index (Phi) is 4.59. The Bertz CT molecular complexity index is 911. The first-order valence-electron chi connectivity index (χ1n) is 6.75. The molecule has 0 fully saturated rings. The number of ether oxygens (including phenoxy) is 1. The van der Waals surface area contributed by atoms with E-state index in [9.17, 15) is 14.9 Å². The number of fused-ring (bicyclic) bond motifs is 1. The zero-order valence-corrected chi connectivity index (χ0v) is 13.6. The average Bonchev–Trinajstić information content (AvgIpc) is 2.97. The van der Waals surface area contributed by atoms with Gasteiger partial charge >= 0.3 is 0 Å². The van der Waals surface area contributed by atoms with Gasteiger partial charge in [-0.25, -0.2) is 4.98 Å². The highest BCUT2D eigenvalue weighted by atomic mass is 35.5. The van der Waals surface area contributed by atoms with Crippen molar-refractivity contribution in [3.05, 3.63) is 57.6 Å². The second kappa shape index (κ2) is 6.81. The van der Waals surface area contributed by atoms with Gasteiger partial charge < -0.3 is 4.74 Å². The molecule has 0 spiro atoms. The van der Waals surface area contributed by atoms with Crippen LogP contribution in [-0.4, -0.2) is 22.4 Å². The molecule has 24 heavy (non-hydrogen) atoms. The highest BCUT2D eigenvalue weighted by Gasteiger charge is 2.11. The van der Waals surface area contributed by atoms with Crippen LogP contribution < -0.4 is 10.1 Å². The predicted octanol–water partition coefficient (Wildman–Crippen LogP) is 3.88. The fourth-order valence-electron chi connectivity index (χ4n) is 1.94. The second-order valence-corrected chi connectivity index (χ2v) is 6.13. The molecule has 1 N–H and O–H groups in total. The van der Waals surface area contributed by atoms with Gasteiger partial charge in [-0.05, 0) is 24.3 Å². The number of thiazole rings is 1. The lowest BCUT2D eigenvalue weighted by Crippen LogP contribution is -2.19. The number of halogens is 1. The van der Waals surface area contributed by atoms with Crippen molar-refractivity contribution in [2.24, 2.45) is 0 Å².